The van der Waals surface area contributed by atoms with E-state index in [2.05, 4.69) is 10.1 Å². The fourth-order valence-electron chi connectivity index (χ4n) is 3.14. The quantitative estimate of drug-likeness (QED) is 0.745. The summed E-state index contributed by atoms with van der Waals surface area (Å²) in [6.45, 7) is -0.0316. The van der Waals surface area contributed by atoms with Crippen LogP contribution in [0.5, 0.6) is 5.75 Å². The number of carbonyl (C=O) groups excluding carboxylic acids is 1. The van der Waals surface area contributed by atoms with Gasteiger partial charge in [-0.15, -0.1) is 13.2 Å². The second-order valence-electron chi connectivity index (χ2n) is 6.34. The highest BCUT2D eigenvalue weighted by molar-refractivity contribution is 5.83. The molecule has 26 heavy (non-hydrogen) atoms. The molecule has 1 aromatic carbocycles. The summed E-state index contributed by atoms with van der Waals surface area (Å²) in [4.78, 5) is 12.2. The van der Waals surface area contributed by atoms with Crippen LogP contribution in [0.3, 0.4) is 0 Å². The lowest BCUT2D eigenvalue weighted by Crippen LogP contribution is -2.52. The molecule has 0 heterocycles. The van der Waals surface area contributed by atoms with Crippen molar-refractivity contribution in [3.05, 3.63) is 29.8 Å². The Morgan fingerprint density at radius 1 is 1.00 bits per heavy atom. The molecule has 1 aliphatic rings. The molecule has 0 atom stereocenters. The van der Waals surface area contributed by atoms with E-state index in [-0.39, 0.29) is 31.6 Å². The van der Waals surface area contributed by atoms with Gasteiger partial charge >= 0.3 is 12.5 Å². The Balaban J connectivity index is 1.91. The summed E-state index contributed by atoms with van der Waals surface area (Å²) >= 11 is 0. The van der Waals surface area contributed by atoms with Gasteiger partial charge in [-0.2, -0.15) is 13.2 Å². The average Bonchev–Trinajstić information content (AvgIpc) is 2.54. The molecule has 1 N–H and O–H groups in total. The molecule has 2 rings (SSSR count). The highest BCUT2D eigenvalue weighted by Crippen LogP contribution is 2.49. The van der Waals surface area contributed by atoms with Crippen LogP contribution in [0, 0.1) is 5.41 Å². The van der Waals surface area contributed by atoms with Crippen LogP contribution in [0.1, 0.15) is 37.7 Å². The molecule has 1 fully saturated rings. The van der Waals surface area contributed by atoms with Crippen LogP contribution >= 0.6 is 0 Å². The van der Waals surface area contributed by atoms with Gasteiger partial charge in [0.15, 0.2) is 0 Å². The van der Waals surface area contributed by atoms with Crippen molar-refractivity contribution < 1.29 is 35.9 Å². The Morgan fingerprint density at radius 3 is 2.08 bits per heavy atom. The maximum Gasteiger partial charge on any atom is 0.573 e. The van der Waals surface area contributed by atoms with Gasteiger partial charge in [0.1, 0.15) is 11.2 Å². The third-order valence-corrected chi connectivity index (χ3v) is 4.54. The number of benzene rings is 1. The number of alkyl halides is 6. The number of halogens is 6. The molecule has 0 aromatic heterocycles. The Morgan fingerprint density at radius 2 is 1.58 bits per heavy atom. The van der Waals surface area contributed by atoms with Crippen molar-refractivity contribution in [3.63, 3.8) is 0 Å². The van der Waals surface area contributed by atoms with E-state index < -0.39 is 23.9 Å². The second-order valence-corrected chi connectivity index (χ2v) is 6.34. The minimum absolute atomic E-state index is 0.0316. The number of nitrogens with one attached hydrogen (secondary N) is 1. The summed E-state index contributed by atoms with van der Waals surface area (Å²) in [5.74, 6) is -1.41. The molecule has 146 valence electrons. The van der Waals surface area contributed by atoms with Crippen molar-refractivity contribution >= 4 is 5.91 Å². The van der Waals surface area contributed by atoms with Crippen LogP contribution in [0.25, 0.3) is 0 Å². The first kappa shape index (κ1) is 20.4. The molecule has 1 amide bonds. The first-order valence-corrected chi connectivity index (χ1v) is 8.23. The molecule has 0 radical (unpaired) electrons. The van der Waals surface area contributed by atoms with Gasteiger partial charge in [0.2, 0.25) is 5.91 Å². The van der Waals surface area contributed by atoms with Gasteiger partial charge in [-0.25, -0.2) is 0 Å². The smallest absolute Gasteiger partial charge is 0.406 e. The first-order valence-electron chi connectivity index (χ1n) is 8.23. The SMILES string of the molecule is O=C(NCCc1ccc(OC(F)(F)F)cc1)C1(C(F)(F)F)CCCCC1. The Kier molecular flexibility index (Phi) is 6.08. The second kappa shape index (κ2) is 7.75. The molecular weight excluding hydrogens is 364 g/mol. The van der Waals surface area contributed by atoms with Gasteiger partial charge < -0.3 is 10.1 Å². The van der Waals surface area contributed by atoms with Crippen molar-refractivity contribution in [1.29, 1.82) is 0 Å². The molecule has 9 heteroatoms. The van der Waals surface area contributed by atoms with E-state index in [4.69, 9.17) is 0 Å². The van der Waals surface area contributed by atoms with Gasteiger partial charge in [-0.1, -0.05) is 31.4 Å². The average molecular weight is 383 g/mol. The number of amides is 1. The third kappa shape index (κ3) is 5.04. The molecule has 0 aliphatic heterocycles. The van der Waals surface area contributed by atoms with Crippen molar-refractivity contribution in [2.24, 2.45) is 5.41 Å². The largest absolute Gasteiger partial charge is 0.573 e. The highest BCUT2D eigenvalue weighted by Gasteiger charge is 2.59. The zero-order chi connectivity index (χ0) is 19.4. The first-order chi connectivity index (χ1) is 12.0. The van der Waals surface area contributed by atoms with Gasteiger partial charge in [0, 0.05) is 6.54 Å². The standard InChI is InChI=1S/C17H19F6NO2/c18-16(19,20)15(9-2-1-3-10-15)14(25)24-11-8-12-4-6-13(7-5-12)26-17(21,22)23/h4-7H,1-3,8-11H2,(H,24,25). The zero-order valence-electron chi connectivity index (χ0n) is 13.8. The summed E-state index contributed by atoms with van der Waals surface area (Å²) in [6, 6.07) is 4.96. The fraction of sp³-hybridized carbons (Fsp3) is 0.588. The number of hydrogen-bond donors (Lipinski definition) is 1. The summed E-state index contributed by atoms with van der Waals surface area (Å²) in [5, 5.41) is 2.33. The topological polar surface area (TPSA) is 38.3 Å². The van der Waals surface area contributed by atoms with E-state index in [1.165, 1.54) is 12.1 Å². The van der Waals surface area contributed by atoms with E-state index in [1.807, 2.05) is 0 Å². The van der Waals surface area contributed by atoms with Crippen LogP contribution in [0.4, 0.5) is 26.3 Å². The van der Waals surface area contributed by atoms with Crippen molar-refractivity contribution in [2.75, 3.05) is 6.54 Å². The minimum Gasteiger partial charge on any atom is -0.406 e. The lowest BCUT2D eigenvalue weighted by atomic mass is 9.72. The van der Waals surface area contributed by atoms with Gasteiger partial charge in [0.05, 0.1) is 0 Å². The zero-order valence-corrected chi connectivity index (χ0v) is 13.8. The lowest BCUT2D eigenvalue weighted by molar-refractivity contribution is -0.274. The fourth-order valence-corrected chi connectivity index (χ4v) is 3.14. The van der Waals surface area contributed by atoms with E-state index in [1.54, 1.807) is 0 Å². The number of ether oxygens (including phenoxy) is 1. The monoisotopic (exact) mass is 383 g/mol. The van der Waals surface area contributed by atoms with Crippen LogP contribution in [0.15, 0.2) is 24.3 Å². The van der Waals surface area contributed by atoms with Crippen LogP contribution in [0.2, 0.25) is 0 Å². The predicted molar refractivity (Wildman–Crippen MR) is 81.4 cm³/mol. The number of rotatable bonds is 5. The van der Waals surface area contributed by atoms with Crippen LogP contribution in [-0.4, -0.2) is 25.0 Å². The number of hydrogen-bond acceptors (Lipinski definition) is 2. The summed E-state index contributed by atoms with van der Waals surface area (Å²) in [6.07, 6.45) is -8.24. The highest BCUT2D eigenvalue weighted by atomic mass is 19.4. The minimum atomic E-state index is -4.79. The Bertz CT molecular complexity index is 603. The maximum atomic E-state index is 13.4. The molecule has 0 unspecified atom stereocenters. The lowest BCUT2D eigenvalue weighted by Gasteiger charge is -2.37. The van der Waals surface area contributed by atoms with E-state index in [0.717, 1.165) is 12.1 Å². The normalized spacial score (nSPS) is 17.6. The molecule has 0 saturated heterocycles. The van der Waals surface area contributed by atoms with Crippen LogP contribution < -0.4 is 10.1 Å². The third-order valence-electron chi connectivity index (χ3n) is 4.54. The van der Waals surface area contributed by atoms with Crippen molar-refractivity contribution in [3.8, 4) is 5.75 Å². The van der Waals surface area contributed by atoms with Crippen LogP contribution in [-0.2, 0) is 11.2 Å². The van der Waals surface area contributed by atoms with E-state index in [9.17, 15) is 31.1 Å². The van der Waals surface area contributed by atoms with E-state index in [0.29, 0.717) is 24.8 Å². The summed E-state index contributed by atoms with van der Waals surface area (Å²) in [7, 11) is 0. The molecule has 0 bridgehead atoms. The summed E-state index contributed by atoms with van der Waals surface area (Å²) < 4.78 is 80.2. The Labute approximate surface area is 146 Å². The van der Waals surface area contributed by atoms with Gasteiger partial charge in [-0.3, -0.25) is 4.79 Å². The molecule has 0 spiro atoms. The molecule has 1 aliphatic carbocycles. The van der Waals surface area contributed by atoms with Gasteiger partial charge in [0.25, 0.3) is 0 Å². The van der Waals surface area contributed by atoms with E-state index >= 15 is 0 Å². The van der Waals surface area contributed by atoms with Crippen molar-refractivity contribution in [1.82, 2.24) is 5.32 Å². The van der Waals surface area contributed by atoms with Crippen molar-refractivity contribution in [2.45, 2.75) is 51.1 Å². The number of carbonyl (C=O) groups is 1. The summed E-state index contributed by atoms with van der Waals surface area (Å²) in [5.41, 5.74) is -1.76. The molecule has 3 nitrogen and oxygen atoms in total. The van der Waals surface area contributed by atoms with Gasteiger partial charge in [-0.05, 0) is 37.0 Å². The molecule has 1 aromatic rings. The molecule has 1 saturated carbocycles. The Hall–Kier alpha value is -1.93. The predicted octanol–water partition coefficient (Wildman–Crippen LogP) is 4.76. The molecular formula is C17H19F6NO2. The maximum absolute atomic E-state index is 13.4.